The van der Waals surface area contributed by atoms with Gasteiger partial charge in [0.1, 0.15) is 11.9 Å². The highest BCUT2D eigenvalue weighted by molar-refractivity contribution is 6.30. The zero-order chi connectivity index (χ0) is 19.6. The number of hydrogen-bond acceptors (Lipinski definition) is 2. The van der Waals surface area contributed by atoms with E-state index < -0.39 is 23.7 Å². The number of benzene rings is 2. The monoisotopic (exact) mass is 393 g/mol. The molecule has 0 radical (unpaired) electrons. The molecule has 4 nitrogen and oxygen atoms in total. The zero-order valence-corrected chi connectivity index (χ0v) is 14.9. The lowest BCUT2D eigenvalue weighted by atomic mass is 10.0. The van der Waals surface area contributed by atoms with Crippen LogP contribution in [0.1, 0.15) is 33.4 Å². The molecule has 3 rings (SSSR count). The number of rotatable bonds is 4. The molecule has 8 heteroatoms. The summed E-state index contributed by atoms with van der Waals surface area (Å²) in [5.41, 5.74) is -0.262. The van der Waals surface area contributed by atoms with Gasteiger partial charge in [0.15, 0.2) is 0 Å². The van der Waals surface area contributed by atoms with Crippen LogP contribution in [-0.2, 0) is 13.2 Å². The largest absolute Gasteiger partial charge is 0.416 e. The van der Waals surface area contributed by atoms with Gasteiger partial charge < -0.3 is 9.88 Å². The Morgan fingerprint density at radius 2 is 1.89 bits per heavy atom. The van der Waals surface area contributed by atoms with E-state index in [-0.39, 0.29) is 5.56 Å². The second-order valence-corrected chi connectivity index (χ2v) is 6.37. The van der Waals surface area contributed by atoms with Crippen molar-refractivity contribution in [2.75, 3.05) is 0 Å². The molecule has 2 aromatic carbocycles. The Morgan fingerprint density at radius 1 is 1.19 bits per heavy atom. The van der Waals surface area contributed by atoms with Gasteiger partial charge in [-0.05, 0) is 35.9 Å². The Labute approximate surface area is 158 Å². The Bertz CT molecular complexity index is 951. The Morgan fingerprint density at radius 3 is 2.48 bits per heavy atom. The lowest BCUT2D eigenvalue weighted by Gasteiger charge is -2.19. The smallest absolute Gasteiger partial charge is 0.338 e. The molecule has 0 saturated carbocycles. The summed E-state index contributed by atoms with van der Waals surface area (Å²) >= 11 is 5.92. The van der Waals surface area contributed by atoms with Crippen LogP contribution in [0.2, 0.25) is 5.02 Å². The van der Waals surface area contributed by atoms with Gasteiger partial charge in [0.05, 0.1) is 5.56 Å². The molecule has 1 amide bonds. The number of hydrogen-bond donors (Lipinski definition) is 1. The molecule has 0 spiro atoms. The van der Waals surface area contributed by atoms with Crippen molar-refractivity contribution in [3.63, 3.8) is 0 Å². The fraction of sp³-hybridized carbons (Fsp3) is 0.158. The summed E-state index contributed by atoms with van der Waals surface area (Å²) in [7, 11) is 1.77. The summed E-state index contributed by atoms with van der Waals surface area (Å²) in [5.74, 6) is -0.0956. The third-order valence-electron chi connectivity index (χ3n) is 4.05. The fourth-order valence-corrected chi connectivity index (χ4v) is 2.78. The molecule has 27 heavy (non-hydrogen) atoms. The van der Waals surface area contributed by atoms with Gasteiger partial charge in [0.25, 0.3) is 5.91 Å². The molecule has 0 aliphatic heterocycles. The van der Waals surface area contributed by atoms with E-state index in [0.717, 1.165) is 12.1 Å². The number of nitrogens with zero attached hydrogens (tertiary/aromatic N) is 2. The summed E-state index contributed by atoms with van der Waals surface area (Å²) < 4.78 is 40.5. The molecule has 1 heterocycles. The number of carbonyl (C=O) groups excluding carboxylic acids is 1. The van der Waals surface area contributed by atoms with Gasteiger partial charge in [-0.1, -0.05) is 29.8 Å². The van der Waals surface area contributed by atoms with Crippen molar-refractivity contribution >= 4 is 17.5 Å². The van der Waals surface area contributed by atoms with Crippen molar-refractivity contribution < 1.29 is 18.0 Å². The second kappa shape index (κ2) is 7.44. The highest BCUT2D eigenvalue weighted by Gasteiger charge is 2.31. The topological polar surface area (TPSA) is 46.9 Å². The number of imidazole rings is 1. The fourth-order valence-electron chi connectivity index (χ4n) is 2.66. The molecular formula is C19H15ClF3N3O. The third kappa shape index (κ3) is 4.31. The van der Waals surface area contributed by atoms with Crippen LogP contribution < -0.4 is 5.32 Å². The first kappa shape index (κ1) is 19.0. The summed E-state index contributed by atoms with van der Waals surface area (Å²) in [5, 5.41) is 3.29. The molecule has 0 fully saturated rings. The third-order valence-corrected chi connectivity index (χ3v) is 4.30. The van der Waals surface area contributed by atoms with E-state index in [0.29, 0.717) is 16.4 Å². The Balaban J connectivity index is 1.94. The molecule has 140 valence electrons. The maximum atomic E-state index is 12.9. The van der Waals surface area contributed by atoms with Crippen LogP contribution in [0.15, 0.2) is 60.9 Å². The number of halogens is 4. The average molecular weight is 394 g/mol. The summed E-state index contributed by atoms with van der Waals surface area (Å²) in [6.07, 6.45) is -1.23. The van der Waals surface area contributed by atoms with E-state index in [1.807, 2.05) is 0 Å². The van der Waals surface area contributed by atoms with Crippen LogP contribution >= 0.6 is 11.6 Å². The van der Waals surface area contributed by atoms with Gasteiger partial charge in [-0.25, -0.2) is 4.98 Å². The van der Waals surface area contributed by atoms with Crippen LogP contribution in [-0.4, -0.2) is 15.5 Å². The highest BCUT2D eigenvalue weighted by Crippen LogP contribution is 2.30. The number of aryl methyl sites for hydroxylation is 1. The molecule has 0 aliphatic rings. The predicted molar refractivity (Wildman–Crippen MR) is 95.4 cm³/mol. The van der Waals surface area contributed by atoms with Crippen molar-refractivity contribution in [1.82, 2.24) is 14.9 Å². The van der Waals surface area contributed by atoms with Crippen LogP contribution in [0.5, 0.6) is 0 Å². The van der Waals surface area contributed by atoms with Gasteiger partial charge in [-0.2, -0.15) is 13.2 Å². The van der Waals surface area contributed by atoms with Crippen LogP contribution in [0.25, 0.3) is 0 Å². The number of amides is 1. The Kier molecular flexibility index (Phi) is 5.23. The normalized spacial score (nSPS) is 12.6. The second-order valence-electron chi connectivity index (χ2n) is 5.93. The molecule has 1 atom stereocenters. The van der Waals surface area contributed by atoms with E-state index >= 15 is 0 Å². The standard InChI is InChI=1S/C19H15ClF3N3O/c1-26-10-9-24-17(26)16(12-5-7-15(20)8-6-12)25-18(27)13-3-2-4-14(11-13)19(21,22)23/h2-11,16H,1H3,(H,25,27)/t16-/m0/s1. The van der Waals surface area contributed by atoms with Gasteiger partial charge in [-0.3, -0.25) is 4.79 Å². The minimum atomic E-state index is -4.52. The average Bonchev–Trinajstić information content (AvgIpc) is 3.05. The van der Waals surface area contributed by atoms with Crippen LogP contribution in [0, 0.1) is 0 Å². The van der Waals surface area contributed by atoms with Crippen LogP contribution in [0.4, 0.5) is 13.2 Å². The molecule has 1 N–H and O–H groups in total. The first-order valence-corrected chi connectivity index (χ1v) is 8.34. The molecule has 0 saturated heterocycles. The minimum absolute atomic E-state index is 0.0852. The first-order chi connectivity index (χ1) is 12.8. The molecule has 0 aliphatic carbocycles. The number of carbonyl (C=O) groups is 1. The molecule has 0 bridgehead atoms. The van der Waals surface area contributed by atoms with Gasteiger partial charge in [0, 0.05) is 30.0 Å². The summed E-state index contributed by atoms with van der Waals surface area (Å²) in [6.45, 7) is 0. The number of aromatic nitrogens is 2. The van der Waals surface area contributed by atoms with E-state index in [1.165, 1.54) is 12.1 Å². The molecule has 3 aromatic rings. The van der Waals surface area contributed by atoms with Crippen molar-refractivity contribution in [2.24, 2.45) is 7.05 Å². The maximum Gasteiger partial charge on any atom is 0.416 e. The van der Waals surface area contributed by atoms with Crippen molar-refractivity contribution in [2.45, 2.75) is 12.2 Å². The quantitative estimate of drug-likeness (QED) is 0.703. The summed E-state index contributed by atoms with van der Waals surface area (Å²) in [4.78, 5) is 16.9. The zero-order valence-electron chi connectivity index (χ0n) is 14.2. The number of alkyl halides is 3. The van der Waals surface area contributed by atoms with Crippen molar-refractivity contribution in [3.8, 4) is 0 Å². The van der Waals surface area contributed by atoms with Gasteiger partial charge in [0.2, 0.25) is 0 Å². The Hall–Kier alpha value is -2.80. The number of nitrogens with one attached hydrogen (secondary N) is 1. The van der Waals surface area contributed by atoms with Crippen molar-refractivity contribution in [1.29, 1.82) is 0 Å². The van der Waals surface area contributed by atoms with Crippen molar-refractivity contribution in [3.05, 3.63) is 88.5 Å². The van der Waals surface area contributed by atoms with Gasteiger partial charge >= 0.3 is 6.18 Å². The lowest BCUT2D eigenvalue weighted by molar-refractivity contribution is -0.137. The minimum Gasteiger partial charge on any atom is -0.338 e. The van der Waals surface area contributed by atoms with E-state index in [1.54, 1.807) is 48.3 Å². The van der Waals surface area contributed by atoms with E-state index in [9.17, 15) is 18.0 Å². The first-order valence-electron chi connectivity index (χ1n) is 7.96. The van der Waals surface area contributed by atoms with Crippen LogP contribution in [0.3, 0.4) is 0 Å². The molecule has 1 aromatic heterocycles. The SMILES string of the molecule is Cn1ccnc1[C@@H](NC(=O)c1cccc(C(F)(F)F)c1)c1ccc(Cl)cc1. The lowest BCUT2D eigenvalue weighted by Crippen LogP contribution is -2.31. The van der Waals surface area contributed by atoms with E-state index in [4.69, 9.17) is 11.6 Å². The summed E-state index contributed by atoms with van der Waals surface area (Å²) in [6, 6.07) is 10.4. The van der Waals surface area contributed by atoms with Gasteiger partial charge in [-0.15, -0.1) is 0 Å². The predicted octanol–water partition coefficient (Wildman–Crippen LogP) is 4.61. The molecule has 0 unspecified atom stereocenters. The maximum absolute atomic E-state index is 12.9. The van der Waals surface area contributed by atoms with E-state index in [2.05, 4.69) is 10.3 Å². The highest BCUT2D eigenvalue weighted by atomic mass is 35.5. The molecular weight excluding hydrogens is 379 g/mol.